The summed E-state index contributed by atoms with van der Waals surface area (Å²) in [5, 5.41) is 2.06. The predicted octanol–water partition coefficient (Wildman–Crippen LogP) is 0.680. The van der Waals surface area contributed by atoms with Crippen LogP contribution < -0.4 is 11.1 Å². The van der Waals surface area contributed by atoms with Crippen LogP contribution >= 0.6 is 12.2 Å². The third-order valence-electron chi connectivity index (χ3n) is 1.50. The van der Waals surface area contributed by atoms with E-state index in [0.717, 1.165) is 0 Å². The SMILES string of the molecule is CCC(C(=O)NCC(F)F)C(N)=S. The monoisotopic (exact) mass is 210 g/mol. The molecule has 76 valence electrons. The molecule has 0 aromatic rings. The first-order chi connectivity index (χ1) is 5.99. The highest BCUT2D eigenvalue weighted by Crippen LogP contribution is 2.03. The van der Waals surface area contributed by atoms with E-state index in [4.69, 9.17) is 5.73 Å². The van der Waals surface area contributed by atoms with Crippen molar-refractivity contribution in [1.29, 1.82) is 0 Å². The lowest BCUT2D eigenvalue weighted by molar-refractivity contribution is -0.123. The zero-order chi connectivity index (χ0) is 10.4. The molecule has 3 nitrogen and oxygen atoms in total. The van der Waals surface area contributed by atoms with Crippen LogP contribution in [0.4, 0.5) is 8.78 Å². The standard InChI is InChI=1S/C7H12F2N2OS/c1-2-4(6(10)13)7(12)11-3-5(8)9/h4-5H,2-3H2,1H3,(H2,10,13)(H,11,12). The minimum atomic E-state index is -2.55. The third-order valence-corrected chi connectivity index (χ3v) is 1.78. The van der Waals surface area contributed by atoms with Crippen molar-refractivity contribution in [2.75, 3.05) is 6.54 Å². The number of nitrogens with two attached hydrogens (primary N) is 1. The fourth-order valence-electron chi connectivity index (χ4n) is 0.817. The van der Waals surface area contributed by atoms with Gasteiger partial charge in [0.25, 0.3) is 6.43 Å². The molecule has 0 aliphatic rings. The van der Waals surface area contributed by atoms with E-state index in [1.807, 2.05) is 0 Å². The maximum absolute atomic E-state index is 11.7. The van der Waals surface area contributed by atoms with Crippen molar-refractivity contribution in [1.82, 2.24) is 5.32 Å². The summed E-state index contributed by atoms with van der Waals surface area (Å²) in [5.41, 5.74) is 5.24. The lowest BCUT2D eigenvalue weighted by Gasteiger charge is -2.12. The Labute approximate surface area is 80.7 Å². The topological polar surface area (TPSA) is 55.1 Å². The maximum Gasteiger partial charge on any atom is 0.255 e. The zero-order valence-electron chi connectivity index (χ0n) is 7.22. The summed E-state index contributed by atoms with van der Waals surface area (Å²) >= 11 is 4.60. The van der Waals surface area contributed by atoms with Crippen molar-refractivity contribution in [3.05, 3.63) is 0 Å². The number of carbonyl (C=O) groups excluding carboxylic acids is 1. The van der Waals surface area contributed by atoms with Gasteiger partial charge < -0.3 is 11.1 Å². The van der Waals surface area contributed by atoms with Crippen molar-refractivity contribution < 1.29 is 13.6 Å². The lowest BCUT2D eigenvalue weighted by atomic mass is 10.1. The molecule has 0 bridgehead atoms. The van der Waals surface area contributed by atoms with Crippen molar-refractivity contribution >= 4 is 23.1 Å². The first-order valence-electron chi connectivity index (χ1n) is 3.84. The van der Waals surface area contributed by atoms with E-state index < -0.39 is 24.8 Å². The number of alkyl halides is 2. The molecule has 0 saturated carbocycles. The molecule has 0 fully saturated rings. The van der Waals surface area contributed by atoms with E-state index in [-0.39, 0.29) is 4.99 Å². The number of halogens is 2. The van der Waals surface area contributed by atoms with Crippen LogP contribution in [0.1, 0.15) is 13.3 Å². The van der Waals surface area contributed by atoms with Crippen LogP contribution in [-0.2, 0) is 4.79 Å². The second kappa shape index (κ2) is 5.80. The van der Waals surface area contributed by atoms with Gasteiger partial charge in [0.05, 0.1) is 17.5 Å². The molecule has 1 amide bonds. The summed E-state index contributed by atoms with van der Waals surface area (Å²) < 4.78 is 23.4. The minimum Gasteiger partial charge on any atom is -0.393 e. The Hall–Kier alpha value is -0.780. The van der Waals surface area contributed by atoms with Gasteiger partial charge in [-0.2, -0.15) is 0 Å². The van der Waals surface area contributed by atoms with E-state index in [1.165, 1.54) is 0 Å². The van der Waals surface area contributed by atoms with E-state index in [2.05, 4.69) is 17.5 Å². The summed E-state index contributed by atoms with van der Waals surface area (Å²) in [6, 6.07) is 0. The Bertz CT molecular complexity index is 199. The molecule has 0 aliphatic heterocycles. The molecule has 0 saturated heterocycles. The maximum atomic E-state index is 11.7. The summed E-state index contributed by atoms with van der Waals surface area (Å²) in [7, 11) is 0. The number of rotatable bonds is 5. The van der Waals surface area contributed by atoms with Crippen LogP contribution in [0, 0.1) is 5.92 Å². The van der Waals surface area contributed by atoms with Crippen LogP contribution in [-0.4, -0.2) is 23.9 Å². The van der Waals surface area contributed by atoms with Crippen molar-refractivity contribution in [2.24, 2.45) is 11.7 Å². The number of hydrogen-bond acceptors (Lipinski definition) is 2. The van der Waals surface area contributed by atoms with Gasteiger partial charge in [0.15, 0.2) is 0 Å². The molecule has 0 aliphatic carbocycles. The lowest BCUT2D eigenvalue weighted by Crippen LogP contribution is -2.39. The zero-order valence-corrected chi connectivity index (χ0v) is 8.04. The smallest absolute Gasteiger partial charge is 0.255 e. The average molecular weight is 210 g/mol. The van der Waals surface area contributed by atoms with Gasteiger partial charge in [-0.3, -0.25) is 4.79 Å². The molecule has 13 heavy (non-hydrogen) atoms. The molecule has 6 heteroatoms. The minimum absolute atomic E-state index is 0.0364. The Kier molecular flexibility index (Phi) is 5.45. The van der Waals surface area contributed by atoms with Crippen molar-refractivity contribution in [3.8, 4) is 0 Å². The van der Waals surface area contributed by atoms with Gasteiger partial charge in [0.2, 0.25) is 5.91 Å². The van der Waals surface area contributed by atoms with E-state index in [0.29, 0.717) is 6.42 Å². The molecule has 1 unspecified atom stereocenters. The average Bonchev–Trinajstić information content (AvgIpc) is 2.01. The first-order valence-corrected chi connectivity index (χ1v) is 4.25. The second-order valence-corrected chi connectivity index (χ2v) is 2.97. The van der Waals surface area contributed by atoms with Crippen LogP contribution in [0.25, 0.3) is 0 Å². The Balaban J connectivity index is 4.00. The second-order valence-electron chi connectivity index (χ2n) is 2.50. The molecule has 0 rings (SSSR count). The Morgan fingerprint density at radius 3 is 2.46 bits per heavy atom. The van der Waals surface area contributed by atoms with Crippen molar-refractivity contribution in [2.45, 2.75) is 19.8 Å². The van der Waals surface area contributed by atoms with Gasteiger partial charge in [0.1, 0.15) is 0 Å². The predicted molar refractivity (Wildman–Crippen MR) is 49.6 cm³/mol. The van der Waals surface area contributed by atoms with E-state index >= 15 is 0 Å². The van der Waals surface area contributed by atoms with Gasteiger partial charge in [-0.15, -0.1) is 0 Å². The van der Waals surface area contributed by atoms with Gasteiger partial charge in [-0.1, -0.05) is 19.1 Å². The van der Waals surface area contributed by atoms with Gasteiger partial charge in [0, 0.05) is 0 Å². The molecular formula is C7H12F2N2OS. The highest BCUT2D eigenvalue weighted by molar-refractivity contribution is 7.80. The highest BCUT2D eigenvalue weighted by atomic mass is 32.1. The molecular weight excluding hydrogens is 198 g/mol. The summed E-state index contributed by atoms with van der Waals surface area (Å²) in [5.74, 6) is -1.18. The summed E-state index contributed by atoms with van der Waals surface area (Å²) in [4.78, 5) is 11.1. The molecule has 1 atom stereocenters. The molecule has 0 radical (unpaired) electrons. The van der Waals surface area contributed by atoms with Crippen LogP contribution in [0.5, 0.6) is 0 Å². The number of thiocarbonyl (C=S) groups is 1. The number of nitrogens with one attached hydrogen (secondary N) is 1. The summed E-state index contributed by atoms with van der Waals surface area (Å²) in [6.45, 7) is 1.06. The van der Waals surface area contributed by atoms with Gasteiger partial charge in [-0.05, 0) is 6.42 Å². The van der Waals surface area contributed by atoms with Crippen LogP contribution in [0.3, 0.4) is 0 Å². The Morgan fingerprint density at radius 2 is 2.15 bits per heavy atom. The molecule has 0 heterocycles. The third kappa shape index (κ3) is 4.72. The number of carbonyl (C=O) groups is 1. The number of hydrogen-bond donors (Lipinski definition) is 2. The normalized spacial score (nSPS) is 12.6. The summed E-state index contributed by atoms with van der Waals surface area (Å²) in [6.07, 6.45) is -2.13. The molecule has 0 spiro atoms. The molecule has 0 aromatic heterocycles. The van der Waals surface area contributed by atoms with E-state index in [9.17, 15) is 13.6 Å². The fraction of sp³-hybridized carbons (Fsp3) is 0.714. The molecule has 3 N–H and O–H groups in total. The van der Waals surface area contributed by atoms with Crippen LogP contribution in [0.2, 0.25) is 0 Å². The Morgan fingerprint density at radius 1 is 1.62 bits per heavy atom. The van der Waals surface area contributed by atoms with Gasteiger partial charge >= 0.3 is 0 Å². The highest BCUT2D eigenvalue weighted by Gasteiger charge is 2.19. The van der Waals surface area contributed by atoms with Crippen LogP contribution in [0.15, 0.2) is 0 Å². The first kappa shape index (κ1) is 12.2. The van der Waals surface area contributed by atoms with Crippen molar-refractivity contribution in [3.63, 3.8) is 0 Å². The van der Waals surface area contributed by atoms with E-state index in [1.54, 1.807) is 6.92 Å². The van der Waals surface area contributed by atoms with Gasteiger partial charge in [-0.25, -0.2) is 8.78 Å². The number of amides is 1. The largest absolute Gasteiger partial charge is 0.393 e. The quantitative estimate of drug-likeness (QED) is 0.656. The fourth-order valence-corrected chi connectivity index (χ4v) is 1.09. The molecule has 0 aromatic carbocycles.